The number of benzene rings is 1. The number of aryl methyl sites for hydroxylation is 1. The molecule has 2 aliphatic rings. The minimum atomic E-state index is -0.132. The second-order valence-corrected chi connectivity index (χ2v) is 8.64. The molecule has 0 unspecified atom stereocenters. The molecule has 2 aliphatic carbocycles. The predicted molar refractivity (Wildman–Crippen MR) is 102 cm³/mol. The van der Waals surface area contributed by atoms with E-state index in [4.69, 9.17) is 11.6 Å². The van der Waals surface area contributed by atoms with Crippen LogP contribution in [0.3, 0.4) is 0 Å². The van der Waals surface area contributed by atoms with Gasteiger partial charge in [-0.05, 0) is 99.2 Å². The molecule has 1 aromatic rings. The third-order valence-electron chi connectivity index (χ3n) is 6.74. The molecular formula is C22H32ClF. The zero-order valence-electron chi connectivity index (χ0n) is 15.1. The number of rotatable bonds is 5. The van der Waals surface area contributed by atoms with Gasteiger partial charge in [0.25, 0.3) is 0 Å². The van der Waals surface area contributed by atoms with Crippen LogP contribution < -0.4 is 0 Å². The summed E-state index contributed by atoms with van der Waals surface area (Å²) < 4.78 is 12.3. The van der Waals surface area contributed by atoms with E-state index in [9.17, 15) is 4.39 Å². The second kappa shape index (κ2) is 8.70. The SMILES string of the molecule is Cc1ccc(C2CCC(C3CCC(CCCF)CC3)CC2)cc1Cl. The number of halogens is 2. The van der Waals surface area contributed by atoms with E-state index < -0.39 is 0 Å². The summed E-state index contributed by atoms with van der Waals surface area (Å²) in [5, 5.41) is 0.918. The summed E-state index contributed by atoms with van der Waals surface area (Å²) in [6.45, 7) is 1.94. The highest BCUT2D eigenvalue weighted by Crippen LogP contribution is 2.44. The van der Waals surface area contributed by atoms with Gasteiger partial charge in [-0.15, -0.1) is 0 Å². The predicted octanol–water partition coefficient (Wildman–Crippen LogP) is 7.48. The average Bonchev–Trinajstić information content (AvgIpc) is 2.63. The minimum absolute atomic E-state index is 0.132. The van der Waals surface area contributed by atoms with E-state index in [1.165, 1.54) is 62.5 Å². The highest BCUT2D eigenvalue weighted by Gasteiger charge is 2.31. The van der Waals surface area contributed by atoms with Crippen molar-refractivity contribution in [2.45, 2.75) is 77.0 Å². The topological polar surface area (TPSA) is 0 Å². The fraction of sp³-hybridized carbons (Fsp3) is 0.727. The molecule has 134 valence electrons. The maximum absolute atomic E-state index is 12.3. The van der Waals surface area contributed by atoms with E-state index in [1.54, 1.807) is 0 Å². The van der Waals surface area contributed by atoms with Crippen LogP contribution in [0.15, 0.2) is 18.2 Å². The molecule has 2 heteroatoms. The molecule has 0 atom stereocenters. The van der Waals surface area contributed by atoms with Gasteiger partial charge >= 0.3 is 0 Å². The fourth-order valence-electron chi connectivity index (χ4n) is 5.10. The lowest BCUT2D eigenvalue weighted by Gasteiger charge is -2.38. The van der Waals surface area contributed by atoms with Crippen molar-refractivity contribution in [2.24, 2.45) is 17.8 Å². The number of alkyl halides is 1. The Morgan fingerprint density at radius 2 is 1.58 bits per heavy atom. The van der Waals surface area contributed by atoms with Crippen molar-refractivity contribution in [3.63, 3.8) is 0 Å². The summed E-state index contributed by atoms with van der Waals surface area (Å²) >= 11 is 6.31. The first-order valence-corrected chi connectivity index (χ1v) is 10.4. The van der Waals surface area contributed by atoms with Gasteiger partial charge in [0.05, 0.1) is 6.67 Å². The molecule has 0 amide bonds. The first-order chi connectivity index (χ1) is 11.7. The van der Waals surface area contributed by atoms with Crippen LogP contribution in [0, 0.1) is 24.7 Å². The maximum Gasteiger partial charge on any atom is 0.0894 e. The normalized spacial score (nSPS) is 31.1. The largest absolute Gasteiger partial charge is 0.251 e. The summed E-state index contributed by atoms with van der Waals surface area (Å²) in [6, 6.07) is 6.64. The first-order valence-electron chi connectivity index (χ1n) is 9.99. The Morgan fingerprint density at radius 3 is 2.17 bits per heavy atom. The van der Waals surface area contributed by atoms with Crippen molar-refractivity contribution >= 4 is 11.6 Å². The van der Waals surface area contributed by atoms with Gasteiger partial charge in [-0.3, -0.25) is 4.39 Å². The van der Waals surface area contributed by atoms with Gasteiger partial charge in [-0.2, -0.15) is 0 Å². The van der Waals surface area contributed by atoms with Crippen molar-refractivity contribution in [3.8, 4) is 0 Å². The van der Waals surface area contributed by atoms with Crippen LogP contribution in [0.1, 0.15) is 81.3 Å². The first kappa shape index (κ1) is 18.2. The van der Waals surface area contributed by atoms with E-state index in [0.29, 0.717) is 5.92 Å². The molecule has 1 aromatic carbocycles. The van der Waals surface area contributed by atoms with Crippen molar-refractivity contribution in [3.05, 3.63) is 34.3 Å². The molecule has 0 heterocycles. The zero-order valence-corrected chi connectivity index (χ0v) is 15.8. The summed E-state index contributed by atoms with van der Waals surface area (Å²) in [7, 11) is 0. The van der Waals surface area contributed by atoms with E-state index >= 15 is 0 Å². The molecule has 0 N–H and O–H groups in total. The molecule has 3 rings (SSSR count). The maximum atomic E-state index is 12.3. The average molecular weight is 351 g/mol. The second-order valence-electron chi connectivity index (χ2n) is 8.23. The Labute approximate surface area is 152 Å². The third kappa shape index (κ3) is 4.54. The summed E-state index contributed by atoms with van der Waals surface area (Å²) in [5.74, 6) is 3.39. The summed E-state index contributed by atoms with van der Waals surface area (Å²) in [4.78, 5) is 0. The fourth-order valence-corrected chi connectivity index (χ4v) is 5.29. The van der Waals surface area contributed by atoms with Crippen molar-refractivity contribution in [1.29, 1.82) is 0 Å². The standard InChI is InChI=1S/C22H32ClF/c1-16-4-7-21(15-22(16)23)20-12-10-19(11-13-20)18-8-5-17(6-9-18)3-2-14-24/h4,7,15,17-20H,2-3,5-6,8-14H2,1H3. The monoisotopic (exact) mass is 350 g/mol. The lowest BCUT2D eigenvalue weighted by molar-refractivity contribution is 0.155. The lowest BCUT2D eigenvalue weighted by Crippen LogP contribution is -2.25. The Balaban J connectivity index is 1.46. The molecule has 24 heavy (non-hydrogen) atoms. The summed E-state index contributed by atoms with van der Waals surface area (Å²) in [5.41, 5.74) is 2.62. The molecule has 0 saturated heterocycles. The summed E-state index contributed by atoms with van der Waals surface area (Å²) in [6.07, 6.45) is 12.8. The number of hydrogen-bond acceptors (Lipinski definition) is 0. The van der Waals surface area contributed by atoms with Gasteiger partial charge in [0.15, 0.2) is 0 Å². The minimum Gasteiger partial charge on any atom is -0.251 e. The van der Waals surface area contributed by atoms with Crippen molar-refractivity contribution in [1.82, 2.24) is 0 Å². The third-order valence-corrected chi connectivity index (χ3v) is 7.15. The zero-order chi connectivity index (χ0) is 16.9. The molecular weight excluding hydrogens is 319 g/mol. The lowest BCUT2D eigenvalue weighted by atomic mass is 9.68. The van der Waals surface area contributed by atoms with Gasteiger partial charge < -0.3 is 0 Å². The van der Waals surface area contributed by atoms with Crippen LogP contribution in [0.5, 0.6) is 0 Å². The molecule has 0 aromatic heterocycles. The van der Waals surface area contributed by atoms with Crippen LogP contribution in [0.2, 0.25) is 5.02 Å². The Bertz CT molecular complexity index is 511. The van der Waals surface area contributed by atoms with E-state index in [0.717, 1.165) is 35.6 Å². The molecule has 2 saturated carbocycles. The Hall–Kier alpha value is -0.560. The molecule has 0 spiro atoms. The van der Waals surface area contributed by atoms with Crippen molar-refractivity contribution in [2.75, 3.05) is 6.67 Å². The van der Waals surface area contributed by atoms with E-state index in [2.05, 4.69) is 25.1 Å². The van der Waals surface area contributed by atoms with Crippen molar-refractivity contribution < 1.29 is 4.39 Å². The van der Waals surface area contributed by atoms with Gasteiger partial charge in [0, 0.05) is 5.02 Å². The van der Waals surface area contributed by atoms with Gasteiger partial charge in [-0.1, -0.05) is 36.6 Å². The van der Waals surface area contributed by atoms with Crippen LogP contribution in [0.4, 0.5) is 4.39 Å². The molecule has 2 fully saturated rings. The van der Waals surface area contributed by atoms with E-state index in [-0.39, 0.29) is 6.67 Å². The van der Waals surface area contributed by atoms with Crippen LogP contribution >= 0.6 is 11.6 Å². The Kier molecular flexibility index (Phi) is 6.61. The smallest absolute Gasteiger partial charge is 0.0894 e. The highest BCUT2D eigenvalue weighted by molar-refractivity contribution is 6.31. The van der Waals surface area contributed by atoms with Gasteiger partial charge in [-0.25, -0.2) is 0 Å². The Morgan fingerprint density at radius 1 is 0.958 bits per heavy atom. The molecule has 0 bridgehead atoms. The molecule has 0 radical (unpaired) electrons. The molecule has 0 aliphatic heterocycles. The number of hydrogen-bond donors (Lipinski definition) is 0. The highest BCUT2D eigenvalue weighted by atomic mass is 35.5. The van der Waals surface area contributed by atoms with Gasteiger partial charge in [0.1, 0.15) is 0 Å². The van der Waals surface area contributed by atoms with Crippen LogP contribution in [-0.2, 0) is 0 Å². The van der Waals surface area contributed by atoms with E-state index in [1.807, 2.05) is 0 Å². The quantitative estimate of drug-likeness (QED) is 0.516. The van der Waals surface area contributed by atoms with Gasteiger partial charge in [0.2, 0.25) is 0 Å². The van der Waals surface area contributed by atoms with Crippen LogP contribution in [0.25, 0.3) is 0 Å². The molecule has 0 nitrogen and oxygen atoms in total. The van der Waals surface area contributed by atoms with Crippen LogP contribution in [-0.4, -0.2) is 6.67 Å².